The van der Waals surface area contributed by atoms with Gasteiger partial charge in [-0.1, -0.05) is 25.4 Å². The largest absolute Gasteiger partial charge is 0.443 e. The number of carbonyl (C=O) groups excluding carboxylic acids is 1. The Bertz CT molecular complexity index is 684. The van der Waals surface area contributed by atoms with Gasteiger partial charge >= 0.3 is 6.09 Å². The first-order valence-electron chi connectivity index (χ1n) is 7.25. The normalized spacial score (nSPS) is 11.8. The third kappa shape index (κ3) is 3.69. The molecule has 0 aromatic carbocycles. The molecule has 0 saturated heterocycles. The van der Waals surface area contributed by atoms with Crippen LogP contribution in [0.5, 0.6) is 0 Å². The highest BCUT2D eigenvalue weighted by Crippen LogP contribution is 2.28. The lowest BCUT2D eigenvalue weighted by Crippen LogP contribution is -2.27. The molecule has 0 aliphatic carbocycles. The number of pyridine rings is 1. The van der Waals surface area contributed by atoms with Crippen LogP contribution in [0, 0.1) is 0 Å². The molecule has 2 aromatic heterocycles. The van der Waals surface area contributed by atoms with Gasteiger partial charge in [-0.2, -0.15) is 0 Å². The zero-order valence-corrected chi connectivity index (χ0v) is 14.3. The maximum atomic E-state index is 12.3. The highest BCUT2D eigenvalue weighted by atomic mass is 35.5. The highest BCUT2D eigenvalue weighted by molar-refractivity contribution is 6.30. The minimum absolute atomic E-state index is 0.255. The van der Waals surface area contributed by atoms with Crippen molar-refractivity contribution in [1.82, 2.24) is 9.55 Å². The third-order valence-corrected chi connectivity index (χ3v) is 3.44. The molecule has 2 rings (SSSR count). The second-order valence-electron chi connectivity index (χ2n) is 6.50. The Kier molecular flexibility index (Phi) is 4.61. The van der Waals surface area contributed by atoms with Crippen LogP contribution in [-0.4, -0.2) is 21.2 Å². The summed E-state index contributed by atoms with van der Waals surface area (Å²) in [6.45, 7) is 9.64. The lowest BCUT2D eigenvalue weighted by Gasteiger charge is -2.20. The van der Waals surface area contributed by atoms with Gasteiger partial charge in [0.05, 0.1) is 5.69 Å². The summed E-state index contributed by atoms with van der Waals surface area (Å²) in [4.78, 5) is 16.5. The molecule has 4 nitrogen and oxygen atoms in total. The van der Waals surface area contributed by atoms with Crippen LogP contribution in [0.4, 0.5) is 4.79 Å². The molecule has 0 N–H and O–H groups in total. The first-order chi connectivity index (χ1) is 10.2. The van der Waals surface area contributed by atoms with Crippen molar-refractivity contribution in [3.05, 3.63) is 41.3 Å². The SMILES string of the molecule is CC(C)c1cc(-c2cccn2C(=O)OC(C)(C)C)cnc1Cl. The zero-order chi connectivity index (χ0) is 16.5. The van der Waals surface area contributed by atoms with E-state index in [9.17, 15) is 4.79 Å². The number of hydrogen-bond acceptors (Lipinski definition) is 3. The van der Waals surface area contributed by atoms with Crippen molar-refractivity contribution in [3.8, 4) is 11.3 Å². The summed E-state index contributed by atoms with van der Waals surface area (Å²) in [6.07, 6.45) is 2.95. The van der Waals surface area contributed by atoms with Crippen LogP contribution in [0.25, 0.3) is 11.3 Å². The van der Waals surface area contributed by atoms with E-state index in [-0.39, 0.29) is 5.92 Å². The van der Waals surface area contributed by atoms with Crippen LogP contribution in [0.2, 0.25) is 5.15 Å². The van der Waals surface area contributed by atoms with Gasteiger partial charge in [-0.3, -0.25) is 4.57 Å². The Morgan fingerprint density at radius 2 is 2.05 bits per heavy atom. The number of aromatic nitrogens is 2. The fourth-order valence-corrected chi connectivity index (χ4v) is 2.42. The summed E-state index contributed by atoms with van der Waals surface area (Å²) in [6, 6.07) is 5.64. The Morgan fingerprint density at radius 1 is 1.36 bits per heavy atom. The first-order valence-corrected chi connectivity index (χ1v) is 7.63. The number of halogens is 1. The fraction of sp³-hybridized carbons (Fsp3) is 0.412. The van der Waals surface area contributed by atoms with Crippen LogP contribution in [0.15, 0.2) is 30.6 Å². The second-order valence-corrected chi connectivity index (χ2v) is 6.86. The number of carbonyl (C=O) groups is 1. The molecule has 2 heterocycles. The van der Waals surface area contributed by atoms with Gasteiger partial charge in [-0.05, 0) is 50.5 Å². The molecule has 0 atom stereocenters. The van der Waals surface area contributed by atoms with Crippen LogP contribution in [0.3, 0.4) is 0 Å². The molecule has 0 radical (unpaired) electrons. The average molecular weight is 321 g/mol. The van der Waals surface area contributed by atoms with Gasteiger partial charge in [-0.15, -0.1) is 0 Å². The molecule has 0 aliphatic heterocycles. The van der Waals surface area contributed by atoms with Gasteiger partial charge in [0, 0.05) is 18.0 Å². The molecular weight excluding hydrogens is 300 g/mol. The first kappa shape index (κ1) is 16.6. The van der Waals surface area contributed by atoms with Crippen molar-refractivity contribution in [3.63, 3.8) is 0 Å². The van der Waals surface area contributed by atoms with Gasteiger partial charge in [0.15, 0.2) is 0 Å². The van der Waals surface area contributed by atoms with Crippen molar-refractivity contribution in [2.24, 2.45) is 0 Å². The third-order valence-electron chi connectivity index (χ3n) is 3.12. The molecule has 5 heteroatoms. The maximum Gasteiger partial charge on any atom is 0.418 e. The van der Waals surface area contributed by atoms with E-state index >= 15 is 0 Å². The van der Waals surface area contributed by atoms with E-state index in [1.54, 1.807) is 12.4 Å². The topological polar surface area (TPSA) is 44.1 Å². The minimum Gasteiger partial charge on any atom is -0.443 e. The zero-order valence-electron chi connectivity index (χ0n) is 13.6. The molecule has 0 aliphatic rings. The van der Waals surface area contributed by atoms with E-state index in [4.69, 9.17) is 16.3 Å². The summed E-state index contributed by atoms with van der Waals surface area (Å²) in [5, 5.41) is 0.495. The Labute approximate surface area is 136 Å². The summed E-state index contributed by atoms with van der Waals surface area (Å²) in [7, 11) is 0. The standard InChI is InChI=1S/C17H21ClN2O2/c1-11(2)13-9-12(10-19-15(13)18)14-7-6-8-20(14)16(21)22-17(3,4)5/h6-11H,1-5H3. The number of rotatable bonds is 2. The van der Waals surface area contributed by atoms with E-state index in [0.717, 1.165) is 16.8 Å². The molecule has 0 bridgehead atoms. The number of hydrogen-bond donors (Lipinski definition) is 0. The molecule has 0 fully saturated rings. The van der Waals surface area contributed by atoms with Crippen molar-refractivity contribution < 1.29 is 9.53 Å². The lowest BCUT2D eigenvalue weighted by atomic mass is 10.0. The Balaban J connectivity index is 2.41. The molecule has 0 spiro atoms. The molecule has 0 saturated carbocycles. The van der Waals surface area contributed by atoms with Crippen LogP contribution < -0.4 is 0 Å². The van der Waals surface area contributed by atoms with E-state index < -0.39 is 11.7 Å². The molecule has 0 unspecified atom stereocenters. The second kappa shape index (κ2) is 6.13. The predicted molar refractivity (Wildman–Crippen MR) is 88.4 cm³/mol. The van der Waals surface area contributed by atoms with E-state index in [1.165, 1.54) is 4.57 Å². The van der Waals surface area contributed by atoms with E-state index in [1.807, 2.05) is 39.0 Å². The molecular formula is C17H21ClN2O2. The van der Waals surface area contributed by atoms with Crippen molar-refractivity contribution >= 4 is 17.7 Å². The van der Waals surface area contributed by atoms with E-state index in [0.29, 0.717) is 5.15 Å². The fourth-order valence-electron chi connectivity index (χ4n) is 2.10. The molecule has 2 aromatic rings. The van der Waals surface area contributed by atoms with Crippen LogP contribution >= 0.6 is 11.6 Å². The van der Waals surface area contributed by atoms with Gasteiger partial charge in [0.2, 0.25) is 0 Å². The summed E-state index contributed by atoms with van der Waals surface area (Å²) < 4.78 is 6.91. The number of ether oxygens (including phenoxy) is 1. The smallest absolute Gasteiger partial charge is 0.418 e. The predicted octanol–water partition coefficient (Wildman–Crippen LogP) is 5.11. The highest BCUT2D eigenvalue weighted by Gasteiger charge is 2.20. The molecule has 22 heavy (non-hydrogen) atoms. The van der Waals surface area contributed by atoms with Crippen molar-refractivity contribution in [2.75, 3.05) is 0 Å². The van der Waals surface area contributed by atoms with E-state index in [2.05, 4.69) is 18.8 Å². The average Bonchev–Trinajstić information content (AvgIpc) is 2.86. The summed E-state index contributed by atoms with van der Waals surface area (Å²) in [5.41, 5.74) is 1.99. The van der Waals surface area contributed by atoms with Gasteiger partial charge in [0.1, 0.15) is 10.8 Å². The monoisotopic (exact) mass is 320 g/mol. The summed E-state index contributed by atoms with van der Waals surface area (Å²) in [5.74, 6) is 0.255. The van der Waals surface area contributed by atoms with Crippen molar-refractivity contribution in [2.45, 2.75) is 46.1 Å². The van der Waals surface area contributed by atoms with Gasteiger partial charge < -0.3 is 4.74 Å². The van der Waals surface area contributed by atoms with Gasteiger partial charge in [0.25, 0.3) is 0 Å². The minimum atomic E-state index is -0.542. The van der Waals surface area contributed by atoms with Crippen LogP contribution in [-0.2, 0) is 4.74 Å². The maximum absolute atomic E-state index is 12.3. The molecule has 118 valence electrons. The Hall–Kier alpha value is -1.81. The van der Waals surface area contributed by atoms with Crippen LogP contribution in [0.1, 0.15) is 46.1 Å². The Morgan fingerprint density at radius 3 is 2.64 bits per heavy atom. The van der Waals surface area contributed by atoms with Crippen molar-refractivity contribution in [1.29, 1.82) is 0 Å². The molecule has 0 amide bonds. The van der Waals surface area contributed by atoms with Gasteiger partial charge in [-0.25, -0.2) is 9.78 Å². The number of nitrogens with zero attached hydrogens (tertiary/aromatic N) is 2. The summed E-state index contributed by atoms with van der Waals surface area (Å²) >= 11 is 6.13. The lowest BCUT2D eigenvalue weighted by molar-refractivity contribution is 0.0540. The quantitative estimate of drug-likeness (QED) is 0.722.